The van der Waals surface area contributed by atoms with Gasteiger partial charge in [-0.25, -0.2) is 12.1 Å². The van der Waals surface area contributed by atoms with Crippen molar-refractivity contribution in [2.75, 3.05) is 0 Å². The van der Waals surface area contributed by atoms with E-state index in [4.69, 9.17) is 0 Å². The minimum Gasteiger partial charge on any atom is -1.00 e. The van der Waals surface area contributed by atoms with Gasteiger partial charge in [0, 0.05) is 0 Å². The monoisotopic (exact) mass is 444 g/mol. The van der Waals surface area contributed by atoms with Crippen LogP contribution in [0.3, 0.4) is 0 Å². The van der Waals surface area contributed by atoms with Crippen molar-refractivity contribution in [3.05, 3.63) is 108 Å². The number of halogens is 2. The molecule has 4 aromatic rings. The van der Waals surface area contributed by atoms with Crippen molar-refractivity contribution in [2.24, 2.45) is 0 Å². The molecule has 0 fully saturated rings. The largest absolute Gasteiger partial charge is 4.00 e. The molecule has 0 unspecified atom stereocenters. The Balaban J connectivity index is 0.000000430. The Bertz CT molecular complexity index is 759. The van der Waals surface area contributed by atoms with Crippen LogP contribution < -0.4 is 24.8 Å². The summed E-state index contributed by atoms with van der Waals surface area (Å²) in [6, 6.07) is 33.9. The van der Waals surface area contributed by atoms with Crippen LogP contribution in [0.1, 0.15) is 11.1 Å². The van der Waals surface area contributed by atoms with Gasteiger partial charge in [-0.05, 0) is 12.0 Å². The predicted octanol–water partition coefficient (Wildman–Crippen LogP) is -0.245. The van der Waals surface area contributed by atoms with Crippen molar-refractivity contribution in [3.63, 3.8) is 0 Å². The molecule has 0 atom stereocenters. The molecule has 4 aromatic carbocycles. The van der Waals surface area contributed by atoms with Gasteiger partial charge in [-0.2, -0.15) is 35.2 Å². The Morgan fingerprint density at radius 3 is 2.04 bits per heavy atom. The van der Waals surface area contributed by atoms with Crippen molar-refractivity contribution >= 4 is 10.8 Å². The van der Waals surface area contributed by atoms with Gasteiger partial charge < -0.3 is 24.8 Å². The van der Waals surface area contributed by atoms with E-state index >= 15 is 0 Å². The van der Waals surface area contributed by atoms with E-state index in [1.165, 1.54) is 21.9 Å². The van der Waals surface area contributed by atoms with Crippen molar-refractivity contribution in [3.8, 4) is 0 Å². The zero-order valence-corrected chi connectivity index (χ0v) is 17.9. The second-order valence-electron chi connectivity index (χ2n) is 5.43. The van der Waals surface area contributed by atoms with E-state index in [0.717, 1.165) is 12.8 Å². The van der Waals surface area contributed by atoms with Crippen LogP contribution in [0.2, 0.25) is 0 Å². The Morgan fingerprint density at radius 2 is 1.36 bits per heavy atom. The third-order valence-electron chi connectivity index (χ3n) is 3.82. The zero-order chi connectivity index (χ0) is 15.0. The fourth-order valence-corrected chi connectivity index (χ4v) is 2.58. The van der Waals surface area contributed by atoms with Crippen molar-refractivity contribution < 1.29 is 51.0 Å². The second kappa shape index (κ2) is 13.1. The molecule has 0 aliphatic rings. The molecule has 25 heavy (non-hydrogen) atoms. The summed E-state index contributed by atoms with van der Waals surface area (Å²) in [5.41, 5.74) is 2.85. The number of hydrogen-bond donors (Lipinski definition) is 0. The van der Waals surface area contributed by atoms with Crippen LogP contribution in [0.15, 0.2) is 97.1 Å². The fraction of sp³-hybridized carbons (Fsp3) is 0.0909. The van der Waals surface area contributed by atoms with Gasteiger partial charge in [-0.1, -0.05) is 42.8 Å². The first-order valence-electron chi connectivity index (χ1n) is 7.77. The summed E-state index contributed by atoms with van der Waals surface area (Å²) >= 11 is 0. The van der Waals surface area contributed by atoms with Gasteiger partial charge in [0.05, 0.1) is 0 Å². The summed E-state index contributed by atoms with van der Waals surface area (Å²) in [5, 5.41) is 2.66. The molecule has 126 valence electrons. The smallest absolute Gasteiger partial charge is 1.00 e. The minimum atomic E-state index is 0. The molecule has 0 radical (unpaired) electrons. The summed E-state index contributed by atoms with van der Waals surface area (Å²) in [4.78, 5) is 0. The molecule has 0 aliphatic heterocycles. The summed E-state index contributed by atoms with van der Waals surface area (Å²) in [6.45, 7) is 0. The SMILES string of the molecule is [Cl-].[Cl-].[Zr+4].c1ccc(CC[c-]2cccc2)cc1.c1ccc2[cH-]ccc2c1. The fourth-order valence-electron chi connectivity index (χ4n) is 2.58. The molecule has 0 spiro atoms. The number of hydrogen-bond acceptors (Lipinski definition) is 0. The summed E-state index contributed by atoms with van der Waals surface area (Å²) in [5.74, 6) is 0. The van der Waals surface area contributed by atoms with Gasteiger partial charge in [-0.3, -0.25) is 0 Å². The molecular formula is C22H20Cl2Zr. The van der Waals surface area contributed by atoms with Crippen LogP contribution in [0, 0.1) is 0 Å². The molecule has 4 rings (SSSR count). The van der Waals surface area contributed by atoms with Crippen molar-refractivity contribution in [2.45, 2.75) is 12.8 Å². The minimum absolute atomic E-state index is 0. The van der Waals surface area contributed by atoms with Crippen LogP contribution in [-0.2, 0) is 39.0 Å². The maximum absolute atomic E-state index is 2.18. The predicted molar refractivity (Wildman–Crippen MR) is 95.4 cm³/mol. The molecule has 0 heterocycles. The molecule has 0 aromatic heterocycles. The summed E-state index contributed by atoms with van der Waals surface area (Å²) in [6.07, 6.45) is 2.29. The van der Waals surface area contributed by atoms with E-state index in [1.54, 1.807) is 0 Å². The average Bonchev–Trinajstić information content (AvgIpc) is 3.26. The average molecular weight is 447 g/mol. The van der Waals surface area contributed by atoms with E-state index in [-0.39, 0.29) is 51.0 Å². The van der Waals surface area contributed by atoms with Crippen LogP contribution in [-0.4, -0.2) is 0 Å². The number of aryl methyl sites for hydroxylation is 2. The molecule has 3 heteroatoms. The van der Waals surface area contributed by atoms with Crippen molar-refractivity contribution in [1.29, 1.82) is 0 Å². The van der Waals surface area contributed by atoms with Gasteiger partial charge in [0.2, 0.25) is 0 Å². The molecule has 0 bridgehead atoms. The first-order valence-corrected chi connectivity index (χ1v) is 7.77. The molecule has 0 saturated carbocycles. The maximum Gasteiger partial charge on any atom is 4.00 e. The van der Waals surface area contributed by atoms with E-state index in [2.05, 4.69) is 97.1 Å². The Hall–Kier alpha value is -1.14. The van der Waals surface area contributed by atoms with Gasteiger partial charge in [0.25, 0.3) is 0 Å². The molecular weight excluding hydrogens is 426 g/mol. The van der Waals surface area contributed by atoms with Gasteiger partial charge in [0.1, 0.15) is 0 Å². The second-order valence-corrected chi connectivity index (χ2v) is 5.43. The Kier molecular flexibility index (Phi) is 12.5. The number of rotatable bonds is 3. The van der Waals surface area contributed by atoms with E-state index in [1.807, 2.05) is 0 Å². The van der Waals surface area contributed by atoms with E-state index < -0.39 is 0 Å². The number of fused-ring (bicyclic) bond motifs is 1. The number of benzene rings is 2. The first-order chi connectivity index (χ1) is 10.9. The van der Waals surface area contributed by atoms with E-state index in [0.29, 0.717) is 0 Å². The topological polar surface area (TPSA) is 0 Å². The van der Waals surface area contributed by atoms with Gasteiger partial charge >= 0.3 is 26.2 Å². The molecule has 0 aliphatic carbocycles. The van der Waals surface area contributed by atoms with Crippen LogP contribution in [0.5, 0.6) is 0 Å². The maximum atomic E-state index is 2.18. The van der Waals surface area contributed by atoms with Gasteiger partial charge in [0.15, 0.2) is 0 Å². The quantitative estimate of drug-likeness (QED) is 0.381. The Morgan fingerprint density at radius 1 is 0.720 bits per heavy atom. The van der Waals surface area contributed by atoms with E-state index in [9.17, 15) is 0 Å². The third-order valence-corrected chi connectivity index (χ3v) is 3.82. The third kappa shape index (κ3) is 7.74. The Labute approximate surface area is 181 Å². The molecule has 0 N–H and O–H groups in total. The zero-order valence-electron chi connectivity index (χ0n) is 13.9. The molecule has 0 saturated heterocycles. The molecule has 0 nitrogen and oxygen atoms in total. The summed E-state index contributed by atoms with van der Waals surface area (Å²) < 4.78 is 0. The standard InChI is InChI=1S/C13H13.C9H7.2ClH.Zr/c1-2-6-12(7-3-1)10-11-13-8-4-5-9-13;1-2-5-9-7-3-6-8(9)4-1;;;/h1-9H,10-11H2;1-7H;2*1H;/q2*-1;;;+4/p-2. The van der Waals surface area contributed by atoms with Crippen LogP contribution in [0.4, 0.5) is 0 Å². The molecule has 0 amide bonds. The first kappa shape index (κ1) is 23.9. The normalized spacial score (nSPS) is 8.96. The summed E-state index contributed by atoms with van der Waals surface area (Å²) in [7, 11) is 0. The van der Waals surface area contributed by atoms with Crippen LogP contribution in [0.25, 0.3) is 10.8 Å². The van der Waals surface area contributed by atoms with Gasteiger partial charge in [-0.15, -0.1) is 29.7 Å². The van der Waals surface area contributed by atoms with Crippen LogP contribution >= 0.6 is 0 Å². The van der Waals surface area contributed by atoms with Crippen molar-refractivity contribution in [1.82, 2.24) is 0 Å².